The lowest BCUT2D eigenvalue weighted by Gasteiger charge is -2.23. The Morgan fingerprint density at radius 1 is 0.467 bits per heavy atom. The lowest BCUT2D eigenvalue weighted by atomic mass is 9.78. The molecule has 0 fully saturated rings. The molecule has 0 atom stereocenters. The number of rotatable bonds is 2. The Kier molecular flexibility index (Phi) is 4.00. The minimum Gasteiger partial charge on any atom is -0.399 e. The average Bonchev–Trinajstić information content (AvgIpc) is 2.76. The lowest BCUT2D eigenvalue weighted by Crippen LogP contribution is -2.22. The normalized spacial score (nSPS) is 12.4. The zero-order chi connectivity index (χ0) is 20.8. The van der Waals surface area contributed by atoms with Gasteiger partial charge in [0, 0.05) is 39.2 Å². The molecule has 4 heteroatoms. The Morgan fingerprint density at radius 3 is 1.70 bits per heavy atom. The van der Waals surface area contributed by atoms with E-state index in [0.717, 1.165) is 16.7 Å². The van der Waals surface area contributed by atoms with Crippen LogP contribution in [0.3, 0.4) is 0 Å². The monoisotopic (exact) mass is 390 g/mol. The van der Waals surface area contributed by atoms with E-state index < -0.39 is 0 Å². The molecule has 4 nitrogen and oxygen atoms in total. The van der Waals surface area contributed by atoms with Crippen LogP contribution in [0.15, 0.2) is 84.9 Å². The number of fused-ring (bicyclic) bond motifs is 2. The summed E-state index contributed by atoms with van der Waals surface area (Å²) in [6.45, 7) is 0. The van der Waals surface area contributed by atoms with Gasteiger partial charge in [-0.3, -0.25) is 9.59 Å². The van der Waals surface area contributed by atoms with Crippen LogP contribution < -0.4 is 11.5 Å². The topological polar surface area (TPSA) is 86.2 Å². The molecule has 5 rings (SSSR count). The number of nitrogens with two attached hydrogens (primary N) is 2. The Hall–Kier alpha value is -4.18. The van der Waals surface area contributed by atoms with Gasteiger partial charge < -0.3 is 11.5 Å². The van der Waals surface area contributed by atoms with Crippen molar-refractivity contribution in [2.45, 2.75) is 0 Å². The van der Waals surface area contributed by atoms with E-state index in [4.69, 9.17) is 11.5 Å². The van der Waals surface area contributed by atoms with Crippen LogP contribution in [0.5, 0.6) is 0 Å². The van der Waals surface area contributed by atoms with Crippen molar-refractivity contribution < 1.29 is 9.59 Å². The van der Waals surface area contributed by atoms with Gasteiger partial charge in [-0.1, -0.05) is 54.6 Å². The molecule has 0 heterocycles. The van der Waals surface area contributed by atoms with E-state index in [1.54, 1.807) is 36.4 Å². The number of hydrogen-bond acceptors (Lipinski definition) is 4. The predicted octanol–water partition coefficient (Wildman–Crippen LogP) is 4.96. The van der Waals surface area contributed by atoms with E-state index in [1.807, 2.05) is 48.5 Å². The summed E-state index contributed by atoms with van der Waals surface area (Å²) in [6.07, 6.45) is 0. The van der Waals surface area contributed by atoms with E-state index in [0.29, 0.717) is 39.2 Å². The van der Waals surface area contributed by atoms with Gasteiger partial charge in [-0.05, 0) is 47.0 Å². The van der Waals surface area contributed by atoms with Crippen molar-refractivity contribution in [2.75, 3.05) is 11.5 Å². The molecular formula is C26H18N2O2. The molecule has 0 radical (unpaired) electrons. The molecule has 0 amide bonds. The van der Waals surface area contributed by atoms with Crippen LogP contribution in [0.4, 0.5) is 11.4 Å². The van der Waals surface area contributed by atoms with Gasteiger partial charge in [-0.2, -0.15) is 0 Å². The number of nitrogen functional groups attached to an aromatic ring is 2. The van der Waals surface area contributed by atoms with E-state index in [1.165, 1.54) is 0 Å². The molecule has 0 saturated carbocycles. The number of ketones is 2. The Labute approximate surface area is 173 Å². The Morgan fingerprint density at radius 2 is 1.03 bits per heavy atom. The first-order valence-corrected chi connectivity index (χ1v) is 9.62. The fourth-order valence-corrected chi connectivity index (χ4v) is 4.13. The molecule has 144 valence electrons. The highest BCUT2D eigenvalue weighted by atomic mass is 16.1. The minimum atomic E-state index is -0.164. The van der Waals surface area contributed by atoms with Gasteiger partial charge in [0.25, 0.3) is 0 Å². The van der Waals surface area contributed by atoms with Crippen molar-refractivity contribution in [3.05, 3.63) is 107 Å². The first-order chi connectivity index (χ1) is 14.5. The summed E-state index contributed by atoms with van der Waals surface area (Å²) in [5, 5.41) is 0. The summed E-state index contributed by atoms with van der Waals surface area (Å²) >= 11 is 0. The van der Waals surface area contributed by atoms with Gasteiger partial charge >= 0.3 is 0 Å². The number of carbonyl (C=O) groups excluding carboxylic acids is 2. The maximum Gasteiger partial charge on any atom is 0.195 e. The van der Waals surface area contributed by atoms with Gasteiger partial charge in [-0.15, -0.1) is 0 Å². The summed E-state index contributed by atoms with van der Waals surface area (Å²) in [5.41, 5.74) is 18.1. The summed E-state index contributed by atoms with van der Waals surface area (Å²) in [4.78, 5) is 26.8. The molecule has 0 saturated heterocycles. The second-order valence-corrected chi connectivity index (χ2v) is 7.37. The van der Waals surface area contributed by atoms with Crippen molar-refractivity contribution in [2.24, 2.45) is 0 Å². The largest absolute Gasteiger partial charge is 0.399 e. The maximum absolute atomic E-state index is 13.6. The van der Waals surface area contributed by atoms with Crippen LogP contribution in [0.2, 0.25) is 0 Å². The molecule has 4 aromatic rings. The van der Waals surface area contributed by atoms with Crippen LogP contribution in [-0.4, -0.2) is 11.6 Å². The SMILES string of the molecule is Nc1cccc(-c2ccc3c(c2-c2cccc(N)c2)C(=O)c2ccccc2C3=O)c1. The van der Waals surface area contributed by atoms with Crippen molar-refractivity contribution in [1.29, 1.82) is 0 Å². The van der Waals surface area contributed by atoms with Crippen molar-refractivity contribution in [1.82, 2.24) is 0 Å². The molecule has 1 aliphatic carbocycles. The number of anilines is 2. The second kappa shape index (κ2) is 6.71. The predicted molar refractivity (Wildman–Crippen MR) is 119 cm³/mol. The first kappa shape index (κ1) is 17.9. The summed E-state index contributed by atoms with van der Waals surface area (Å²) in [7, 11) is 0. The molecule has 0 aliphatic heterocycles. The maximum atomic E-state index is 13.6. The third-order valence-corrected chi connectivity index (χ3v) is 5.47. The van der Waals surface area contributed by atoms with Crippen molar-refractivity contribution >= 4 is 22.9 Å². The highest BCUT2D eigenvalue weighted by Crippen LogP contribution is 2.41. The molecule has 0 spiro atoms. The van der Waals surface area contributed by atoms with Crippen molar-refractivity contribution in [3.8, 4) is 22.3 Å². The van der Waals surface area contributed by atoms with E-state index in [2.05, 4.69) is 0 Å². The van der Waals surface area contributed by atoms with Crippen LogP contribution >= 0.6 is 0 Å². The molecule has 4 N–H and O–H groups in total. The van der Waals surface area contributed by atoms with Gasteiger partial charge in [0.15, 0.2) is 11.6 Å². The van der Waals surface area contributed by atoms with Gasteiger partial charge in [-0.25, -0.2) is 0 Å². The lowest BCUT2D eigenvalue weighted by molar-refractivity contribution is 0.0979. The smallest absolute Gasteiger partial charge is 0.195 e. The zero-order valence-corrected chi connectivity index (χ0v) is 16.1. The van der Waals surface area contributed by atoms with Crippen molar-refractivity contribution in [3.63, 3.8) is 0 Å². The number of benzene rings is 4. The number of hydrogen-bond donors (Lipinski definition) is 2. The van der Waals surface area contributed by atoms with Crippen LogP contribution in [0.25, 0.3) is 22.3 Å². The molecule has 0 bridgehead atoms. The third kappa shape index (κ3) is 2.70. The zero-order valence-electron chi connectivity index (χ0n) is 16.1. The highest BCUT2D eigenvalue weighted by Gasteiger charge is 2.33. The second-order valence-electron chi connectivity index (χ2n) is 7.37. The number of carbonyl (C=O) groups is 2. The van der Waals surface area contributed by atoms with Gasteiger partial charge in [0.1, 0.15) is 0 Å². The minimum absolute atomic E-state index is 0.149. The van der Waals surface area contributed by atoms with Crippen LogP contribution in [0, 0.1) is 0 Å². The van der Waals surface area contributed by atoms with Gasteiger partial charge in [0.05, 0.1) is 0 Å². The standard InChI is InChI=1S/C26H18N2O2/c27-17-7-3-5-15(13-17)19-11-12-22-24(23(19)16-6-4-8-18(28)14-16)26(30)21-10-2-1-9-20(21)25(22)29/h1-14H,27-28H2. The molecule has 0 unspecified atom stereocenters. The Bertz CT molecular complexity index is 1350. The molecule has 4 aromatic carbocycles. The van der Waals surface area contributed by atoms with Crippen LogP contribution in [-0.2, 0) is 0 Å². The summed E-state index contributed by atoms with van der Waals surface area (Å²) < 4.78 is 0. The molecule has 30 heavy (non-hydrogen) atoms. The van der Waals surface area contributed by atoms with Crippen LogP contribution in [0.1, 0.15) is 31.8 Å². The molecular weight excluding hydrogens is 372 g/mol. The van der Waals surface area contributed by atoms with E-state index in [-0.39, 0.29) is 11.6 Å². The molecule has 0 aromatic heterocycles. The van der Waals surface area contributed by atoms with Gasteiger partial charge in [0.2, 0.25) is 0 Å². The average molecular weight is 390 g/mol. The summed E-state index contributed by atoms with van der Waals surface area (Å²) in [5.74, 6) is -0.312. The fourth-order valence-electron chi connectivity index (χ4n) is 4.13. The highest BCUT2D eigenvalue weighted by molar-refractivity contribution is 6.31. The third-order valence-electron chi connectivity index (χ3n) is 5.47. The summed E-state index contributed by atoms with van der Waals surface area (Å²) in [6, 6.07) is 25.4. The fraction of sp³-hybridized carbons (Fsp3) is 0. The quantitative estimate of drug-likeness (QED) is 0.417. The molecule has 1 aliphatic rings. The van der Waals surface area contributed by atoms with E-state index >= 15 is 0 Å². The Balaban J connectivity index is 1.88. The van der Waals surface area contributed by atoms with E-state index in [9.17, 15) is 9.59 Å². The first-order valence-electron chi connectivity index (χ1n) is 9.62.